The third-order valence-corrected chi connectivity index (χ3v) is 5.86. The predicted molar refractivity (Wildman–Crippen MR) is 120 cm³/mol. The molecule has 0 aliphatic heterocycles. The first-order valence-electron chi connectivity index (χ1n) is 10.0. The monoisotopic (exact) mass is 366 g/mol. The number of hydrogen-bond acceptors (Lipinski definition) is 0. The Kier molecular flexibility index (Phi) is 4.77. The van der Waals surface area contributed by atoms with Crippen molar-refractivity contribution in [3.8, 4) is 22.4 Å². The highest BCUT2D eigenvalue weighted by atomic mass is 14.9. The van der Waals surface area contributed by atoms with E-state index in [1.165, 1.54) is 49.8 Å². The van der Waals surface area contributed by atoms with Crippen LogP contribution in [0.25, 0.3) is 33.2 Å². The van der Waals surface area contributed by atoms with Gasteiger partial charge in [0, 0.05) is 6.07 Å². The fourth-order valence-corrected chi connectivity index (χ4v) is 3.99. The van der Waals surface area contributed by atoms with Crippen molar-refractivity contribution in [3.05, 3.63) is 89.6 Å². The van der Waals surface area contributed by atoms with Gasteiger partial charge in [0.15, 0.2) is 6.20 Å². The van der Waals surface area contributed by atoms with Crippen molar-refractivity contribution < 1.29 is 4.57 Å². The SMILES string of the molecule is Cc1cc(-c2ccccc2)cc(-c2c3ccc(C(C)C)cc3cc[n+]2C)c1C. The Morgan fingerprint density at radius 3 is 2.25 bits per heavy atom. The summed E-state index contributed by atoms with van der Waals surface area (Å²) in [5, 5.41) is 2.61. The zero-order valence-corrected chi connectivity index (χ0v) is 17.5. The van der Waals surface area contributed by atoms with Crippen LogP contribution in [0.4, 0.5) is 0 Å². The molecular weight excluding hydrogens is 338 g/mol. The van der Waals surface area contributed by atoms with Crippen LogP contribution in [0, 0.1) is 13.8 Å². The third kappa shape index (κ3) is 3.22. The van der Waals surface area contributed by atoms with Gasteiger partial charge in [-0.1, -0.05) is 62.4 Å². The molecule has 0 bridgehead atoms. The molecule has 1 heteroatoms. The van der Waals surface area contributed by atoms with Gasteiger partial charge in [0.05, 0.1) is 10.9 Å². The molecule has 0 saturated carbocycles. The first-order chi connectivity index (χ1) is 13.5. The third-order valence-electron chi connectivity index (χ3n) is 5.86. The minimum Gasteiger partial charge on any atom is -0.200 e. The highest BCUT2D eigenvalue weighted by Gasteiger charge is 2.19. The molecule has 0 atom stereocenters. The van der Waals surface area contributed by atoms with Crippen LogP contribution in [0.15, 0.2) is 72.9 Å². The molecular formula is C27H28N+. The normalized spacial score (nSPS) is 11.4. The van der Waals surface area contributed by atoms with E-state index in [1.54, 1.807) is 0 Å². The van der Waals surface area contributed by atoms with E-state index in [4.69, 9.17) is 0 Å². The summed E-state index contributed by atoms with van der Waals surface area (Å²) in [6, 6.07) is 24.5. The fourth-order valence-electron chi connectivity index (χ4n) is 3.99. The minimum absolute atomic E-state index is 0.534. The molecule has 0 radical (unpaired) electrons. The van der Waals surface area contributed by atoms with E-state index in [-0.39, 0.29) is 0 Å². The number of aromatic nitrogens is 1. The van der Waals surface area contributed by atoms with E-state index < -0.39 is 0 Å². The van der Waals surface area contributed by atoms with E-state index in [0.717, 1.165) is 0 Å². The standard InChI is InChI=1S/C27H28N/c1-18(2)22-11-12-25-23(16-22)13-14-28(5)27(25)26-17-24(15-19(3)20(26)4)21-9-7-6-8-10-21/h6-18H,1-5H3/q+1. The van der Waals surface area contributed by atoms with Gasteiger partial charge in [-0.2, -0.15) is 0 Å². The van der Waals surface area contributed by atoms with Crippen LogP contribution in [0.3, 0.4) is 0 Å². The molecule has 0 fully saturated rings. The molecule has 28 heavy (non-hydrogen) atoms. The van der Waals surface area contributed by atoms with Crippen molar-refractivity contribution in [1.29, 1.82) is 0 Å². The van der Waals surface area contributed by atoms with Gasteiger partial charge in [-0.3, -0.25) is 0 Å². The summed E-state index contributed by atoms with van der Waals surface area (Å²) in [5.74, 6) is 0.534. The second-order valence-electron chi connectivity index (χ2n) is 8.11. The maximum Gasteiger partial charge on any atom is 0.220 e. The van der Waals surface area contributed by atoms with Gasteiger partial charge in [0.2, 0.25) is 5.69 Å². The average molecular weight is 367 g/mol. The number of nitrogens with zero attached hydrogens (tertiary/aromatic N) is 1. The van der Waals surface area contributed by atoms with Crippen LogP contribution in [0.1, 0.15) is 36.5 Å². The lowest BCUT2D eigenvalue weighted by atomic mass is 9.91. The van der Waals surface area contributed by atoms with Gasteiger partial charge in [0.1, 0.15) is 7.05 Å². The van der Waals surface area contributed by atoms with Crippen molar-refractivity contribution >= 4 is 10.8 Å². The van der Waals surface area contributed by atoms with Gasteiger partial charge < -0.3 is 0 Å². The maximum atomic E-state index is 2.35. The summed E-state index contributed by atoms with van der Waals surface area (Å²) in [4.78, 5) is 0. The molecule has 0 aliphatic carbocycles. The Labute approximate surface area is 168 Å². The van der Waals surface area contributed by atoms with E-state index in [9.17, 15) is 0 Å². The first kappa shape index (κ1) is 18.4. The summed E-state index contributed by atoms with van der Waals surface area (Å²) >= 11 is 0. The Bertz CT molecular complexity index is 1150. The van der Waals surface area contributed by atoms with Gasteiger partial charge in [0.25, 0.3) is 0 Å². The Morgan fingerprint density at radius 1 is 0.786 bits per heavy atom. The first-order valence-corrected chi connectivity index (χ1v) is 10.0. The number of fused-ring (bicyclic) bond motifs is 1. The largest absolute Gasteiger partial charge is 0.220 e. The molecule has 1 nitrogen and oxygen atoms in total. The minimum atomic E-state index is 0.534. The molecule has 4 rings (SSSR count). The average Bonchev–Trinajstić information content (AvgIpc) is 2.70. The van der Waals surface area contributed by atoms with Crippen LogP contribution in [0.5, 0.6) is 0 Å². The molecule has 4 aromatic rings. The molecule has 140 valence electrons. The van der Waals surface area contributed by atoms with E-state index in [2.05, 4.69) is 112 Å². The number of rotatable bonds is 3. The van der Waals surface area contributed by atoms with Crippen LogP contribution in [-0.4, -0.2) is 0 Å². The summed E-state index contributed by atoms with van der Waals surface area (Å²) in [6.07, 6.45) is 2.19. The molecule has 0 saturated heterocycles. The Hall–Kier alpha value is -2.93. The number of aryl methyl sites for hydroxylation is 2. The Morgan fingerprint density at radius 2 is 1.54 bits per heavy atom. The molecule has 0 unspecified atom stereocenters. The van der Waals surface area contributed by atoms with Crippen molar-refractivity contribution in [2.75, 3.05) is 0 Å². The second kappa shape index (κ2) is 7.24. The lowest BCUT2D eigenvalue weighted by Crippen LogP contribution is -2.30. The van der Waals surface area contributed by atoms with Crippen LogP contribution < -0.4 is 4.57 Å². The van der Waals surface area contributed by atoms with Crippen molar-refractivity contribution in [2.45, 2.75) is 33.6 Å². The molecule has 0 spiro atoms. The summed E-state index contributed by atoms with van der Waals surface area (Å²) in [5.41, 5.74) is 9.18. The summed E-state index contributed by atoms with van der Waals surface area (Å²) < 4.78 is 2.26. The maximum absolute atomic E-state index is 2.35. The van der Waals surface area contributed by atoms with Crippen molar-refractivity contribution in [1.82, 2.24) is 0 Å². The predicted octanol–water partition coefficient (Wildman–Crippen LogP) is 6.74. The molecule has 1 aromatic heterocycles. The molecule has 0 N–H and O–H groups in total. The van der Waals surface area contributed by atoms with Crippen LogP contribution in [-0.2, 0) is 7.05 Å². The molecule has 0 aliphatic rings. The molecule has 1 heterocycles. The van der Waals surface area contributed by atoms with Crippen molar-refractivity contribution in [3.63, 3.8) is 0 Å². The van der Waals surface area contributed by atoms with Gasteiger partial charge in [-0.15, -0.1) is 0 Å². The van der Waals surface area contributed by atoms with Gasteiger partial charge in [-0.25, -0.2) is 4.57 Å². The second-order valence-corrected chi connectivity index (χ2v) is 8.11. The number of pyridine rings is 1. The van der Waals surface area contributed by atoms with Gasteiger partial charge in [-0.05, 0) is 65.1 Å². The lowest BCUT2D eigenvalue weighted by molar-refractivity contribution is -0.659. The number of hydrogen-bond donors (Lipinski definition) is 0. The molecule has 3 aromatic carbocycles. The van der Waals surface area contributed by atoms with Crippen molar-refractivity contribution in [2.24, 2.45) is 7.05 Å². The zero-order chi connectivity index (χ0) is 19.8. The van der Waals surface area contributed by atoms with Crippen LogP contribution in [0.2, 0.25) is 0 Å². The molecule has 0 amide bonds. The highest BCUT2D eigenvalue weighted by molar-refractivity contribution is 5.95. The van der Waals surface area contributed by atoms with Crippen LogP contribution >= 0.6 is 0 Å². The number of benzene rings is 3. The van der Waals surface area contributed by atoms with E-state index in [1.807, 2.05) is 0 Å². The highest BCUT2D eigenvalue weighted by Crippen LogP contribution is 2.34. The quantitative estimate of drug-likeness (QED) is 0.354. The Balaban J connectivity index is 2.00. The smallest absolute Gasteiger partial charge is 0.200 e. The summed E-state index contributed by atoms with van der Waals surface area (Å²) in [7, 11) is 2.15. The lowest BCUT2D eigenvalue weighted by Gasteiger charge is -2.14. The topological polar surface area (TPSA) is 3.88 Å². The summed E-state index contributed by atoms with van der Waals surface area (Å²) in [6.45, 7) is 8.96. The van der Waals surface area contributed by atoms with E-state index in [0.29, 0.717) is 5.92 Å². The zero-order valence-electron chi connectivity index (χ0n) is 17.5. The van der Waals surface area contributed by atoms with Gasteiger partial charge >= 0.3 is 0 Å². The fraction of sp³-hybridized carbons (Fsp3) is 0.222. The van der Waals surface area contributed by atoms with E-state index >= 15 is 0 Å².